The average molecular weight is 360 g/mol. The Kier molecular flexibility index (Phi) is 16.3. The van der Waals surface area contributed by atoms with Gasteiger partial charge in [-0.25, -0.2) is 0 Å². The molecule has 26 heavy (non-hydrogen) atoms. The number of rotatable bonds is 0. The van der Waals surface area contributed by atoms with Crippen molar-refractivity contribution in [1.82, 2.24) is 4.98 Å². The molecule has 150 valence electrons. The maximum atomic E-state index is 4.25. The van der Waals surface area contributed by atoms with Crippen LogP contribution in [0.4, 0.5) is 0 Å². The summed E-state index contributed by atoms with van der Waals surface area (Å²) in [5.41, 5.74) is 4.38. The smallest absolute Gasteiger partial charge is 0.0409 e. The number of pyridine rings is 1. The Morgan fingerprint density at radius 3 is 1.38 bits per heavy atom. The fourth-order valence-electron chi connectivity index (χ4n) is 2.22. The Hall–Kier alpha value is -1.63. The molecule has 0 saturated heterocycles. The lowest BCUT2D eigenvalue weighted by molar-refractivity contribution is 0.582. The van der Waals surface area contributed by atoms with Gasteiger partial charge >= 0.3 is 0 Å². The molecule has 1 heterocycles. The highest BCUT2D eigenvalue weighted by molar-refractivity contribution is 5.25. The zero-order chi connectivity index (χ0) is 20.1. The fraction of sp³-hybridized carbons (Fsp3) is 0.560. The van der Waals surface area contributed by atoms with E-state index in [-0.39, 0.29) is 12.8 Å². The van der Waals surface area contributed by atoms with Crippen molar-refractivity contribution in [2.24, 2.45) is 0 Å². The van der Waals surface area contributed by atoms with E-state index >= 15 is 0 Å². The van der Waals surface area contributed by atoms with Gasteiger partial charge in [0.15, 0.2) is 0 Å². The Morgan fingerprint density at radius 2 is 1.12 bits per heavy atom. The van der Waals surface area contributed by atoms with Gasteiger partial charge in [-0.1, -0.05) is 113 Å². The van der Waals surface area contributed by atoms with Gasteiger partial charge in [0.2, 0.25) is 0 Å². The summed E-state index contributed by atoms with van der Waals surface area (Å²) in [6.45, 7) is 23.3. The van der Waals surface area contributed by atoms with Crippen LogP contribution in [0.15, 0.2) is 48.7 Å². The standard InChI is InChI=1S/C10H15N.C10H14.2C2H6.CH4/c1-8-9(10(2,3)4)6-5-7-11-8;1-10(2,3)9-7-5-4-6-8-9;2*1-2;/h5-7H,1-4H3;4-8H,1-3H3;2*1-2H3;1H4. The summed E-state index contributed by atoms with van der Waals surface area (Å²) >= 11 is 0. The predicted molar refractivity (Wildman–Crippen MR) is 122 cm³/mol. The molecule has 2 aromatic rings. The molecule has 1 nitrogen and oxygen atoms in total. The molecule has 0 N–H and O–H groups in total. The van der Waals surface area contributed by atoms with E-state index in [1.54, 1.807) is 0 Å². The molecule has 0 spiro atoms. The Balaban J connectivity index is -0.000000332. The summed E-state index contributed by atoms with van der Waals surface area (Å²) in [5, 5.41) is 0. The van der Waals surface area contributed by atoms with Crippen molar-refractivity contribution in [3.05, 3.63) is 65.5 Å². The van der Waals surface area contributed by atoms with E-state index in [1.165, 1.54) is 11.1 Å². The molecule has 0 unspecified atom stereocenters. The number of hydrogen-bond acceptors (Lipinski definition) is 1. The molecule has 0 aliphatic rings. The highest BCUT2D eigenvalue weighted by Crippen LogP contribution is 2.23. The van der Waals surface area contributed by atoms with Crippen LogP contribution in [0.2, 0.25) is 0 Å². The van der Waals surface area contributed by atoms with Crippen LogP contribution in [0.25, 0.3) is 0 Å². The van der Waals surface area contributed by atoms with E-state index in [0.29, 0.717) is 5.41 Å². The molecule has 0 saturated carbocycles. The molecule has 2 rings (SSSR count). The Labute approximate surface area is 165 Å². The molecular weight excluding hydrogens is 314 g/mol. The van der Waals surface area contributed by atoms with Crippen LogP contribution in [-0.4, -0.2) is 4.98 Å². The molecule has 0 radical (unpaired) electrons. The first-order valence-electron chi connectivity index (χ1n) is 9.60. The van der Waals surface area contributed by atoms with Crippen LogP contribution in [-0.2, 0) is 10.8 Å². The van der Waals surface area contributed by atoms with Crippen molar-refractivity contribution in [3.8, 4) is 0 Å². The molecule has 1 aromatic carbocycles. The number of benzene rings is 1. The van der Waals surface area contributed by atoms with Gasteiger partial charge in [-0.15, -0.1) is 0 Å². The van der Waals surface area contributed by atoms with Crippen LogP contribution < -0.4 is 0 Å². The summed E-state index contributed by atoms with van der Waals surface area (Å²) in [5.74, 6) is 0. The fourth-order valence-corrected chi connectivity index (χ4v) is 2.22. The first-order valence-corrected chi connectivity index (χ1v) is 9.60. The van der Waals surface area contributed by atoms with Crippen LogP contribution >= 0.6 is 0 Å². The first-order chi connectivity index (χ1) is 11.6. The van der Waals surface area contributed by atoms with Gasteiger partial charge < -0.3 is 0 Å². The first kappa shape index (κ1) is 29.1. The van der Waals surface area contributed by atoms with E-state index in [2.05, 4.69) is 89.8 Å². The number of hydrogen-bond donors (Lipinski definition) is 0. The molecular formula is C25H45N. The van der Waals surface area contributed by atoms with Crippen molar-refractivity contribution in [1.29, 1.82) is 0 Å². The minimum Gasteiger partial charge on any atom is -0.261 e. The molecule has 0 amide bonds. The minimum atomic E-state index is 0. The van der Waals surface area contributed by atoms with Crippen molar-refractivity contribution < 1.29 is 0 Å². The number of aryl methyl sites for hydroxylation is 1. The van der Waals surface area contributed by atoms with Gasteiger partial charge in [-0.2, -0.15) is 0 Å². The molecule has 1 aromatic heterocycles. The maximum absolute atomic E-state index is 4.25. The SMILES string of the molecule is C.CC.CC.CC(C)(C)c1ccccc1.Cc1ncccc1C(C)(C)C. The number of aromatic nitrogens is 1. The largest absolute Gasteiger partial charge is 0.261 e. The minimum absolute atomic E-state index is 0. The third kappa shape index (κ3) is 11.8. The third-order valence-electron chi connectivity index (χ3n) is 3.45. The van der Waals surface area contributed by atoms with E-state index < -0.39 is 0 Å². The summed E-state index contributed by atoms with van der Waals surface area (Å²) in [6.07, 6.45) is 1.84. The van der Waals surface area contributed by atoms with Gasteiger partial charge in [0, 0.05) is 11.9 Å². The van der Waals surface area contributed by atoms with Gasteiger partial charge in [0.1, 0.15) is 0 Å². The summed E-state index contributed by atoms with van der Waals surface area (Å²) in [7, 11) is 0. The molecule has 0 fully saturated rings. The van der Waals surface area contributed by atoms with Crippen molar-refractivity contribution in [3.63, 3.8) is 0 Å². The molecule has 1 heteroatoms. The maximum Gasteiger partial charge on any atom is 0.0409 e. The lowest BCUT2D eigenvalue weighted by Crippen LogP contribution is -2.13. The second kappa shape index (κ2) is 14.5. The van der Waals surface area contributed by atoms with Gasteiger partial charge in [0.25, 0.3) is 0 Å². The zero-order valence-corrected chi connectivity index (χ0v) is 18.6. The van der Waals surface area contributed by atoms with Gasteiger partial charge in [-0.3, -0.25) is 4.98 Å². The second-order valence-electron chi connectivity index (χ2n) is 7.50. The van der Waals surface area contributed by atoms with Crippen molar-refractivity contribution in [2.75, 3.05) is 0 Å². The molecule has 0 bridgehead atoms. The molecule has 0 atom stereocenters. The van der Waals surface area contributed by atoms with Crippen LogP contribution in [0.5, 0.6) is 0 Å². The Morgan fingerprint density at radius 1 is 0.654 bits per heavy atom. The Bertz CT molecular complexity index is 542. The van der Waals surface area contributed by atoms with E-state index in [4.69, 9.17) is 0 Å². The number of nitrogens with zero attached hydrogens (tertiary/aromatic N) is 1. The lowest BCUT2D eigenvalue weighted by Gasteiger charge is -2.20. The zero-order valence-electron chi connectivity index (χ0n) is 18.6. The second-order valence-corrected chi connectivity index (χ2v) is 7.50. The van der Waals surface area contributed by atoms with E-state index in [0.717, 1.165) is 5.69 Å². The van der Waals surface area contributed by atoms with Crippen molar-refractivity contribution >= 4 is 0 Å². The average Bonchev–Trinajstić information content (AvgIpc) is 2.58. The topological polar surface area (TPSA) is 12.9 Å². The predicted octanol–water partition coefficient (Wildman–Crippen LogP) is 8.36. The van der Waals surface area contributed by atoms with Crippen LogP contribution in [0, 0.1) is 6.92 Å². The van der Waals surface area contributed by atoms with Gasteiger partial charge in [0.05, 0.1) is 0 Å². The van der Waals surface area contributed by atoms with E-state index in [1.807, 2.05) is 40.0 Å². The quantitative estimate of drug-likeness (QED) is 0.460. The lowest BCUT2D eigenvalue weighted by atomic mass is 9.86. The van der Waals surface area contributed by atoms with Crippen LogP contribution in [0.3, 0.4) is 0 Å². The summed E-state index contributed by atoms with van der Waals surface area (Å²) in [4.78, 5) is 4.25. The summed E-state index contributed by atoms with van der Waals surface area (Å²) < 4.78 is 0. The van der Waals surface area contributed by atoms with Crippen LogP contribution in [0.1, 0.15) is 93.5 Å². The highest BCUT2D eigenvalue weighted by Gasteiger charge is 2.15. The highest BCUT2D eigenvalue weighted by atomic mass is 14.7. The van der Waals surface area contributed by atoms with Crippen molar-refractivity contribution in [2.45, 2.75) is 94.4 Å². The molecule has 0 aliphatic heterocycles. The summed E-state index contributed by atoms with van der Waals surface area (Å²) in [6, 6.07) is 14.7. The van der Waals surface area contributed by atoms with E-state index in [9.17, 15) is 0 Å². The third-order valence-corrected chi connectivity index (χ3v) is 3.45. The normalized spacial score (nSPS) is 9.81. The van der Waals surface area contributed by atoms with Gasteiger partial charge in [-0.05, 0) is 34.9 Å². The monoisotopic (exact) mass is 359 g/mol. The molecule has 0 aliphatic carbocycles.